The second-order valence-corrected chi connectivity index (χ2v) is 11.9. The van der Waals surface area contributed by atoms with Gasteiger partial charge >= 0.3 is 0 Å². The van der Waals surface area contributed by atoms with Crippen molar-refractivity contribution in [3.8, 4) is 17.2 Å². The lowest BCUT2D eigenvalue weighted by atomic mass is 9.48. The highest BCUT2D eigenvalue weighted by atomic mass is 16.3. The summed E-state index contributed by atoms with van der Waals surface area (Å²) in [5.41, 5.74) is 5.26. The van der Waals surface area contributed by atoms with Crippen LogP contribution in [-0.2, 0) is 6.42 Å². The molecule has 0 radical (unpaired) electrons. The number of hydrogen-bond donors (Lipinski definition) is 3. The van der Waals surface area contributed by atoms with E-state index in [1.165, 1.54) is 35.1 Å². The summed E-state index contributed by atoms with van der Waals surface area (Å²) in [5, 5.41) is 30.3. The standard InChI is InChI=1S/C36H38O3/c1-23-7-8-28(21-24-5-3-2-4-6-24)36-33(26-11-17-30(38)18-12-26)22-32(25-9-15-29(37)16-10-25)35(34(23)36)27-13-19-31(39)20-14-27/h2-6,9-20,23,28,32-39H,7-8,21-22H2,1H3. The first kappa shape index (κ1) is 25.6. The molecule has 0 amide bonds. The van der Waals surface area contributed by atoms with E-state index < -0.39 is 0 Å². The molecule has 2 aliphatic carbocycles. The van der Waals surface area contributed by atoms with Gasteiger partial charge in [-0.25, -0.2) is 0 Å². The van der Waals surface area contributed by atoms with E-state index in [-0.39, 0.29) is 11.7 Å². The molecule has 2 saturated carbocycles. The van der Waals surface area contributed by atoms with Gasteiger partial charge in [0, 0.05) is 0 Å². The molecule has 7 atom stereocenters. The Morgan fingerprint density at radius 1 is 0.564 bits per heavy atom. The molecule has 2 fully saturated rings. The smallest absolute Gasteiger partial charge is 0.115 e. The number of rotatable bonds is 5. The molecule has 4 aromatic carbocycles. The van der Waals surface area contributed by atoms with Gasteiger partial charge in [0.2, 0.25) is 0 Å². The summed E-state index contributed by atoms with van der Waals surface area (Å²) in [5.74, 6) is 3.91. The number of phenolic OH excluding ortho intramolecular Hbond substituents is 3. The van der Waals surface area contributed by atoms with Crippen LogP contribution in [0.2, 0.25) is 0 Å². The van der Waals surface area contributed by atoms with E-state index in [1.807, 2.05) is 36.4 Å². The van der Waals surface area contributed by atoms with Gasteiger partial charge in [-0.05, 0) is 119 Å². The quantitative estimate of drug-likeness (QED) is 0.249. The van der Waals surface area contributed by atoms with Gasteiger partial charge in [-0.15, -0.1) is 0 Å². The van der Waals surface area contributed by atoms with Crippen LogP contribution in [0.25, 0.3) is 0 Å². The summed E-state index contributed by atoms with van der Waals surface area (Å²) in [6.07, 6.45) is 4.51. The zero-order chi connectivity index (χ0) is 26.9. The predicted molar refractivity (Wildman–Crippen MR) is 156 cm³/mol. The molecular formula is C36H38O3. The van der Waals surface area contributed by atoms with Crippen molar-refractivity contribution >= 4 is 0 Å². The highest BCUT2D eigenvalue weighted by molar-refractivity contribution is 5.39. The van der Waals surface area contributed by atoms with Gasteiger partial charge in [-0.2, -0.15) is 0 Å². The Balaban J connectivity index is 1.50. The maximum absolute atomic E-state index is 10.1. The van der Waals surface area contributed by atoms with E-state index in [0.717, 1.165) is 12.8 Å². The Labute approximate surface area is 231 Å². The molecule has 7 unspecified atom stereocenters. The summed E-state index contributed by atoms with van der Waals surface area (Å²) in [7, 11) is 0. The Hall–Kier alpha value is -3.72. The minimum absolute atomic E-state index is 0.271. The number of aromatic hydroxyl groups is 3. The molecule has 3 N–H and O–H groups in total. The Morgan fingerprint density at radius 2 is 1.08 bits per heavy atom. The molecule has 200 valence electrons. The summed E-state index contributed by atoms with van der Waals surface area (Å²) in [6.45, 7) is 2.44. The van der Waals surface area contributed by atoms with E-state index in [9.17, 15) is 15.3 Å². The molecule has 0 aliphatic heterocycles. The van der Waals surface area contributed by atoms with E-state index in [1.54, 1.807) is 0 Å². The third-order valence-electron chi connectivity index (χ3n) is 9.72. The van der Waals surface area contributed by atoms with Crippen molar-refractivity contribution in [3.05, 3.63) is 125 Å². The van der Waals surface area contributed by atoms with Crippen LogP contribution in [-0.4, -0.2) is 15.3 Å². The third kappa shape index (κ3) is 5.15. The molecule has 39 heavy (non-hydrogen) atoms. The Kier molecular flexibility index (Phi) is 7.08. The van der Waals surface area contributed by atoms with Gasteiger partial charge in [0.15, 0.2) is 0 Å². The van der Waals surface area contributed by atoms with Gasteiger partial charge < -0.3 is 15.3 Å². The van der Waals surface area contributed by atoms with E-state index in [2.05, 4.69) is 73.7 Å². The van der Waals surface area contributed by atoms with Gasteiger partial charge in [0.25, 0.3) is 0 Å². The van der Waals surface area contributed by atoms with Crippen LogP contribution < -0.4 is 0 Å². The maximum Gasteiger partial charge on any atom is 0.115 e. The fourth-order valence-corrected chi connectivity index (χ4v) is 8.04. The number of benzene rings is 4. The normalized spacial score (nSPS) is 28.5. The second kappa shape index (κ2) is 10.8. The summed E-state index contributed by atoms with van der Waals surface area (Å²) in [6, 6.07) is 34.6. The molecule has 0 bridgehead atoms. The summed E-state index contributed by atoms with van der Waals surface area (Å²) in [4.78, 5) is 0. The number of hydrogen-bond acceptors (Lipinski definition) is 3. The average Bonchev–Trinajstić information content (AvgIpc) is 2.96. The topological polar surface area (TPSA) is 60.7 Å². The minimum atomic E-state index is 0.271. The Morgan fingerprint density at radius 3 is 1.64 bits per heavy atom. The zero-order valence-corrected chi connectivity index (χ0v) is 22.5. The molecule has 4 aromatic rings. The molecule has 2 aliphatic rings. The average molecular weight is 519 g/mol. The molecular weight excluding hydrogens is 480 g/mol. The maximum atomic E-state index is 10.1. The SMILES string of the molecule is CC1CCC(Cc2ccccc2)C2C(c3ccc(O)cc3)CC(c3ccc(O)cc3)C(c3ccc(O)cc3)C12. The summed E-state index contributed by atoms with van der Waals surface area (Å²) < 4.78 is 0. The molecule has 3 heteroatoms. The van der Waals surface area contributed by atoms with Crippen molar-refractivity contribution in [2.75, 3.05) is 0 Å². The van der Waals surface area contributed by atoms with Gasteiger partial charge in [0.05, 0.1) is 0 Å². The van der Waals surface area contributed by atoms with Gasteiger partial charge in [-0.1, -0.05) is 80.1 Å². The first-order chi connectivity index (χ1) is 19.0. The van der Waals surface area contributed by atoms with Gasteiger partial charge in [0.1, 0.15) is 17.2 Å². The van der Waals surface area contributed by atoms with Crippen molar-refractivity contribution in [2.24, 2.45) is 23.7 Å². The lowest BCUT2D eigenvalue weighted by Gasteiger charge is -2.56. The fourth-order valence-electron chi connectivity index (χ4n) is 8.04. The lowest BCUT2D eigenvalue weighted by Crippen LogP contribution is -2.46. The van der Waals surface area contributed by atoms with Crippen molar-refractivity contribution in [1.82, 2.24) is 0 Å². The number of fused-ring (bicyclic) bond motifs is 1. The van der Waals surface area contributed by atoms with E-state index >= 15 is 0 Å². The molecule has 0 aromatic heterocycles. The second-order valence-electron chi connectivity index (χ2n) is 11.9. The van der Waals surface area contributed by atoms with Crippen LogP contribution in [0.5, 0.6) is 17.2 Å². The van der Waals surface area contributed by atoms with Crippen molar-refractivity contribution < 1.29 is 15.3 Å². The molecule has 3 nitrogen and oxygen atoms in total. The fraction of sp³-hybridized carbons (Fsp3) is 0.333. The molecule has 0 saturated heterocycles. The number of phenols is 3. The highest BCUT2D eigenvalue weighted by Gasteiger charge is 2.52. The monoisotopic (exact) mass is 518 g/mol. The summed E-state index contributed by atoms with van der Waals surface area (Å²) >= 11 is 0. The zero-order valence-electron chi connectivity index (χ0n) is 22.5. The Bertz CT molecular complexity index is 1360. The highest BCUT2D eigenvalue weighted by Crippen LogP contribution is 2.62. The van der Waals surface area contributed by atoms with Crippen LogP contribution >= 0.6 is 0 Å². The predicted octanol–water partition coefficient (Wildman–Crippen LogP) is 8.38. The molecule has 0 heterocycles. The minimum Gasteiger partial charge on any atom is -0.508 e. The largest absolute Gasteiger partial charge is 0.508 e. The van der Waals surface area contributed by atoms with Crippen LogP contribution in [0.15, 0.2) is 103 Å². The van der Waals surface area contributed by atoms with E-state index in [0.29, 0.717) is 47.0 Å². The first-order valence-electron chi connectivity index (χ1n) is 14.4. The lowest BCUT2D eigenvalue weighted by molar-refractivity contribution is 0.0132. The van der Waals surface area contributed by atoms with Crippen LogP contribution in [0, 0.1) is 23.7 Å². The van der Waals surface area contributed by atoms with Crippen molar-refractivity contribution in [3.63, 3.8) is 0 Å². The van der Waals surface area contributed by atoms with Crippen molar-refractivity contribution in [1.29, 1.82) is 0 Å². The molecule has 0 spiro atoms. The molecule has 6 rings (SSSR count). The van der Waals surface area contributed by atoms with Crippen molar-refractivity contribution in [2.45, 2.75) is 50.4 Å². The van der Waals surface area contributed by atoms with E-state index in [4.69, 9.17) is 0 Å². The van der Waals surface area contributed by atoms with Crippen LogP contribution in [0.1, 0.15) is 66.2 Å². The third-order valence-corrected chi connectivity index (χ3v) is 9.72. The van der Waals surface area contributed by atoms with Gasteiger partial charge in [-0.3, -0.25) is 0 Å². The van der Waals surface area contributed by atoms with Crippen LogP contribution in [0.3, 0.4) is 0 Å². The van der Waals surface area contributed by atoms with Crippen LogP contribution in [0.4, 0.5) is 0 Å². The first-order valence-corrected chi connectivity index (χ1v) is 14.4.